The highest BCUT2D eigenvalue weighted by atomic mass is 35.5. The molecular weight excluding hydrogens is 376 g/mol. The number of carbonyl (C=O) groups is 1. The van der Waals surface area contributed by atoms with Crippen LogP contribution in [0, 0.1) is 11.8 Å². The van der Waals surface area contributed by atoms with Gasteiger partial charge in [0.1, 0.15) is 5.75 Å². The lowest BCUT2D eigenvalue weighted by Gasteiger charge is -2.50. The Hall–Kier alpha value is -1.94. The van der Waals surface area contributed by atoms with E-state index < -0.39 is 0 Å². The summed E-state index contributed by atoms with van der Waals surface area (Å²) in [6.07, 6.45) is 1.51. The third-order valence-electron chi connectivity index (χ3n) is 5.64. The lowest BCUT2D eigenvalue weighted by Crippen LogP contribution is -2.63. The van der Waals surface area contributed by atoms with Crippen LogP contribution < -0.4 is 15.8 Å². The van der Waals surface area contributed by atoms with Crippen molar-refractivity contribution in [2.45, 2.75) is 50.9 Å². The Morgan fingerprint density at radius 3 is 2.57 bits per heavy atom. The van der Waals surface area contributed by atoms with Gasteiger partial charge in [0.25, 0.3) is 5.91 Å². The Kier molecular flexibility index (Phi) is 6.39. The summed E-state index contributed by atoms with van der Waals surface area (Å²) in [6.45, 7) is 5.62. The maximum Gasteiger partial charge on any atom is 0.255 e. The minimum Gasteiger partial charge on any atom is -0.477 e. The summed E-state index contributed by atoms with van der Waals surface area (Å²) in [6, 6.07) is 4.21. The number of nitrogens with one attached hydrogen (secondary N) is 1. The summed E-state index contributed by atoms with van der Waals surface area (Å²) >= 11 is 6.18. The normalized spacial score (nSPS) is 26.1. The van der Waals surface area contributed by atoms with Gasteiger partial charge in [-0.25, -0.2) is 0 Å². The Balaban J connectivity index is 1.76. The third kappa shape index (κ3) is 4.54. The molecule has 7 heteroatoms. The van der Waals surface area contributed by atoms with Crippen LogP contribution in [0.5, 0.6) is 5.75 Å². The highest BCUT2D eigenvalue weighted by molar-refractivity contribution is 6.33. The van der Waals surface area contributed by atoms with E-state index in [4.69, 9.17) is 22.1 Å². The van der Waals surface area contributed by atoms with Crippen LogP contribution in [0.1, 0.15) is 37.0 Å². The Bertz CT molecular complexity index is 788. The number of hydrogen-bond acceptors (Lipinski definition) is 5. The van der Waals surface area contributed by atoms with Gasteiger partial charge in [-0.05, 0) is 46.9 Å². The summed E-state index contributed by atoms with van der Waals surface area (Å²) in [5, 5.41) is 3.53. The number of likely N-dealkylation sites (N-methyl/N-ethyl adjacent to an activating group) is 2. The molecule has 0 aromatic heterocycles. The molecule has 2 aliphatic heterocycles. The fourth-order valence-electron chi connectivity index (χ4n) is 4.23. The number of piperidine rings is 1. The second-order valence-corrected chi connectivity index (χ2v) is 8.27. The molecule has 152 valence electrons. The molecule has 1 aromatic carbocycles. The van der Waals surface area contributed by atoms with Crippen LogP contribution in [0.4, 0.5) is 5.69 Å². The molecule has 1 amide bonds. The van der Waals surface area contributed by atoms with E-state index in [1.807, 2.05) is 6.92 Å². The fourth-order valence-corrected chi connectivity index (χ4v) is 4.40. The quantitative estimate of drug-likeness (QED) is 0.594. The van der Waals surface area contributed by atoms with Crippen LogP contribution in [-0.2, 0) is 0 Å². The number of carbonyl (C=O) groups excluding carboxylic acids is 1. The maximum absolute atomic E-state index is 13.1. The molecule has 2 aliphatic rings. The molecule has 3 rings (SSSR count). The summed E-state index contributed by atoms with van der Waals surface area (Å²) < 4.78 is 5.85. The van der Waals surface area contributed by atoms with Gasteiger partial charge < -0.3 is 20.7 Å². The van der Waals surface area contributed by atoms with Gasteiger partial charge in [-0.2, -0.15) is 0 Å². The van der Waals surface area contributed by atoms with Crippen molar-refractivity contribution in [3.8, 4) is 17.6 Å². The number of nitrogens with two attached hydrogens (primary N) is 1. The minimum absolute atomic E-state index is 0.129. The van der Waals surface area contributed by atoms with Crippen molar-refractivity contribution < 1.29 is 9.53 Å². The van der Waals surface area contributed by atoms with Gasteiger partial charge in [-0.1, -0.05) is 17.5 Å². The molecule has 28 heavy (non-hydrogen) atoms. The van der Waals surface area contributed by atoms with Gasteiger partial charge >= 0.3 is 0 Å². The van der Waals surface area contributed by atoms with E-state index in [2.05, 4.69) is 41.1 Å². The summed E-state index contributed by atoms with van der Waals surface area (Å²) in [5.74, 6) is 5.96. The zero-order chi connectivity index (χ0) is 20.4. The van der Waals surface area contributed by atoms with E-state index in [0.717, 1.165) is 25.9 Å². The molecular formula is C21H29ClN4O2. The molecule has 0 radical (unpaired) electrons. The van der Waals surface area contributed by atoms with Crippen LogP contribution in [-0.4, -0.2) is 67.1 Å². The first-order chi connectivity index (χ1) is 13.3. The monoisotopic (exact) mass is 404 g/mol. The highest BCUT2D eigenvalue weighted by Gasteiger charge is 2.38. The third-order valence-corrected chi connectivity index (χ3v) is 5.97. The molecule has 2 fully saturated rings. The molecule has 2 bridgehead atoms. The van der Waals surface area contributed by atoms with E-state index in [1.165, 1.54) is 0 Å². The maximum atomic E-state index is 13.1. The first-order valence-electron chi connectivity index (χ1n) is 9.67. The van der Waals surface area contributed by atoms with E-state index >= 15 is 0 Å². The zero-order valence-corrected chi connectivity index (χ0v) is 17.7. The lowest BCUT2D eigenvalue weighted by molar-refractivity contribution is 0.00838. The number of nitrogen functional groups attached to an aromatic ring is 1. The van der Waals surface area contributed by atoms with Crippen molar-refractivity contribution in [3.63, 3.8) is 0 Å². The van der Waals surface area contributed by atoms with Crippen molar-refractivity contribution in [2.24, 2.45) is 0 Å². The van der Waals surface area contributed by atoms with Gasteiger partial charge in [0.15, 0.2) is 6.10 Å². The standard InChI is InChI=1S/C21H29ClN4O2/c1-5-6-13(2)28-20-10-19(23)18(22)9-17(20)21(27)24-14-7-15-11-25(3)12-16(8-14)26(15)4/h9-10,13-16H,7-8,11-12,23H2,1-4H3,(H,24,27). The molecule has 0 saturated carbocycles. The average Bonchev–Trinajstić information content (AvgIpc) is 2.60. The Labute approximate surface area is 172 Å². The van der Waals surface area contributed by atoms with Crippen LogP contribution in [0.3, 0.4) is 0 Å². The van der Waals surface area contributed by atoms with Crippen molar-refractivity contribution in [1.82, 2.24) is 15.1 Å². The van der Waals surface area contributed by atoms with Crippen LogP contribution in [0.25, 0.3) is 0 Å². The van der Waals surface area contributed by atoms with E-state index in [-0.39, 0.29) is 18.1 Å². The Morgan fingerprint density at radius 1 is 1.32 bits per heavy atom. The molecule has 2 saturated heterocycles. The van der Waals surface area contributed by atoms with Crippen molar-refractivity contribution in [2.75, 3.05) is 32.9 Å². The number of benzene rings is 1. The number of rotatable bonds is 4. The smallest absolute Gasteiger partial charge is 0.255 e. The first-order valence-corrected chi connectivity index (χ1v) is 10.1. The van der Waals surface area contributed by atoms with Crippen molar-refractivity contribution >= 4 is 23.2 Å². The summed E-state index contributed by atoms with van der Waals surface area (Å²) in [5.41, 5.74) is 6.69. The summed E-state index contributed by atoms with van der Waals surface area (Å²) in [7, 11) is 4.34. The fraction of sp³-hybridized carbons (Fsp3) is 0.571. The van der Waals surface area contributed by atoms with Crippen molar-refractivity contribution in [1.29, 1.82) is 0 Å². The number of hydrogen-bond donors (Lipinski definition) is 2. The predicted molar refractivity (Wildman–Crippen MR) is 113 cm³/mol. The van der Waals surface area contributed by atoms with Gasteiger partial charge in [-0.15, -0.1) is 5.92 Å². The number of piperazine rings is 1. The molecule has 3 unspecified atom stereocenters. The van der Waals surface area contributed by atoms with Gasteiger partial charge in [-0.3, -0.25) is 9.69 Å². The number of nitrogens with zero attached hydrogens (tertiary/aromatic N) is 2. The topological polar surface area (TPSA) is 70.8 Å². The Morgan fingerprint density at radius 2 is 1.96 bits per heavy atom. The molecule has 3 N–H and O–H groups in total. The molecule has 0 aliphatic carbocycles. The molecule has 3 atom stereocenters. The van der Waals surface area contributed by atoms with E-state index in [0.29, 0.717) is 34.1 Å². The highest BCUT2D eigenvalue weighted by Crippen LogP contribution is 2.31. The minimum atomic E-state index is -0.352. The number of anilines is 1. The van der Waals surface area contributed by atoms with Gasteiger partial charge in [0, 0.05) is 37.3 Å². The van der Waals surface area contributed by atoms with Crippen molar-refractivity contribution in [3.05, 3.63) is 22.7 Å². The predicted octanol–water partition coefficient (Wildman–Crippen LogP) is 2.22. The van der Waals surface area contributed by atoms with E-state index in [1.54, 1.807) is 19.1 Å². The number of amides is 1. The molecule has 2 heterocycles. The van der Waals surface area contributed by atoms with E-state index in [9.17, 15) is 4.79 Å². The largest absolute Gasteiger partial charge is 0.477 e. The first kappa shape index (κ1) is 20.8. The SMILES string of the molecule is CC#CC(C)Oc1cc(N)c(Cl)cc1C(=O)NC1CC2CN(C)CC(C1)N2C. The van der Waals surface area contributed by atoms with Crippen LogP contribution in [0.15, 0.2) is 12.1 Å². The molecule has 1 aromatic rings. The summed E-state index contributed by atoms with van der Waals surface area (Å²) in [4.78, 5) is 17.9. The van der Waals surface area contributed by atoms with Gasteiger partial charge in [0.2, 0.25) is 0 Å². The average molecular weight is 405 g/mol. The number of ether oxygens (including phenoxy) is 1. The zero-order valence-electron chi connectivity index (χ0n) is 17.0. The lowest BCUT2D eigenvalue weighted by atomic mass is 9.88. The van der Waals surface area contributed by atoms with Gasteiger partial charge in [0.05, 0.1) is 16.3 Å². The number of halogens is 1. The van der Waals surface area contributed by atoms with Crippen LogP contribution >= 0.6 is 11.6 Å². The second-order valence-electron chi connectivity index (χ2n) is 7.86. The molecule has 6 nitrogen and oxygen atoms in total. The molecule has 0 spiro atoms. The number of fused-ring (bicyclic) bond motifs is 2. The van der Waals surface area contributed by atoms with Crippen LogP contribution in [0.2, 0.25) is 5.02 Å². The number of likely N-dealkylation sites (tertiary alicyclic amines) is 1. The second kappa shape index (κ2) is 8.60.